The highest BCUT2D eigenvalue weighted by molar-refractivity contribution is 5.92. The van der Waals surface area contributed by atoms with E-state index in [2.05, 4.69) is 10.4 Å². The maximum Gasteiger partial charge on any atom is 0.432 e. The Hall–Kier alpha value is -2.71. The first-order valence-corrected chi connectivity index (χ1v) is 6.97. The lowest BCUT2D eigenvalue weighted by Gasteiger charge is -2.09. The molecule has 0 unspecified atom stereocenters. The minimum Gasteiger partial charge on any atom is -0.493 e. The lowest BCUT2D eigenvalue weighted by atomic mass is 10.1. The third kappa shape index (κ3) is 4.18. The van der Waals surface area contributed by atoms with Crippen LogP contribution in [0.1, 0.15) is 21.7 Å². The maximum atomic E-state index is 12.4. The summed E-state index contributed by atoms with van der Waals surface area (Å²) in [5.74, 6) is 0.465. The van der Waals surface area contributed by atoms with Gasteiger partial charge in [-0.2, -0.15) is 18.3 Å². The Labute approximate surface area is 136 Å². The van der Waals surface area contributed by atoms with E-state index in [-0.39, 0.29) is 12.2 Å². The minimum atomic E-state index is -4.56. The first-order chi connectivity index (χ1) is 11.3. The van der Waals surface area contributed by atoms with Crippen molar-refractivity contribution < 1.29 is 27.4 Å². The molecule has 1 amide bonds. The van der Waals surface area contributed by atoms with Crippen molar-refractivity contribution in [1.29, 1.82) is 0 Å². The molecule has 24 heavy (non-hydrogen) atoms. The Kier molecular flexibility index (Phi) is 5.32. The Morgan fingerprint density at radius 1 is 1.21 bits per heavy atom. The van der Waals surface area contributed by atoms with Crippen LogP contribution in [0.5, 0.6) is 11.5 Å². The van der Waals surface area contributed by atoms with Crippen LogP contribution in [0.25, 0.3) is 0 Å². The van der Waals surface area contributed by atoms with Gasteiger partial charge in [0, 0.05) is 12.6 Å². The van der Waals surface area contributed by atoms with E-state index >= 15 is 0 Å². The Morgan fingerprint density at radius 3 is 2.50 bits per heavy atom. The van der Waals surface area contributed by atoms with Crippen molar-refractivity contribution in [1.82, 2.24) is 15.5 Å². The second-order valence-electron chi connectivity index (χ2n) is 4.86. The molecule has 0 saturated heterocycles. The van der Waals surface area contributed by atoms with Gasteiger partial charge in [-0.25, -0.2) is 0 Å². The van der Waals surface area contributed by atoms with Gasteiger partial charge in [0.05, 0.1) is 14.2 Å². The van der Waals surface area contributed by atoms with Gasteiger partial charge in [0.25, 0.3) is 5.91 Å². The average Bonchev–Trinajstić information content (AvgIpc) is 3.05. The molecule has 0 saturated carbocycles. The highest BCUT2D eigenvalue weighted by Crippen LogP contribution is 2.28. The molecule has 2 rings (SSSR count). The number of carbonyl (C=O) groups excluding carboxylic acids is 1. The topological polar surface area (TPSA) is 76.2 Å². The van der Waals surface area contributed by atoms with Crippen LogP contribution in [-0.2, 0) is 12.6 Å². The molecule has 6 nitrogen and oxygen atoms in total. The molecule has 130 valence electrons. The number of benzene rings is 1. The highest BCUT2D eigenvalue weighted by atomic mass is 19.4. The highest BCUT2D eigenvalue weighted by Gasteiger charge is 2.33. The molecule has 1 aromatic heterocycles. The Morgan fingerprint density at radius 2 is 1.92 bits per heavy atom. The number of rotatable bonds is 6. The number of ether oxygens (including phenoxy) is 2. The lowest BCUT2D eigenvalue weighted by Crippen LogP contribution is -2.26. The second-order valence-corrected chi connectivity index (χ2v) is 4.86. The zero-order valence-electron chi connectivity index (χ0n) is 13.0. The van der Waals surface area contributed by atoms with Crippen molar-refractivity contribution in [2.24, 2.45) is 0 Å². The predicted molar refractivity (Wildman–Crippen MR) is 79.2 cm³/mol. The summed E-state index contributed by atoms with van der Waals surface area (Å²) in [5.41, 5.74) is -0.492. The van der Waals surface area contributed by atoms with E-state index in [0.29, 0.717) is 24.0 Å². The number of amides is 1. The normalized spacial score (nSPS) is 11.2. The second kappa shape index (κ2) is 7.24. The van der Waals surface area contributed by atoms with E-state index < -0.39 is 17.8 Å². The zero-order valence-corrected chi connectivity index (χ0v) is 13.0. The molecule has 0 aliphatic carbocycles. The standard InChI is InChI=1S/C15H16F3N3O3/c1-23-11-4-3-9(7-12(11)24-2)5-6-19-14(22)10-8-13(21-20-10)15(16,17)18/h3-4,7-8H,5-6H2,1-2H3,(H,19,22)(H,20,21). The van der Waals surface area contributed by atoms with E-state index in [0.717, 1.165) is 5.56 Å². The summed E-state index contributed by atoms with van der Waals surface area (Å²) in [6, 6.07) is 5.98. The molecular formula is C15H16F3N3O3. The fraction of sp³-hybridized carbons (Fsp3) is 0.333. The number of halogens is 3. The van der Waals surface area contributed by atoms with Gasteiger partial charge < -0.3 is 14.8 Å². The van der Waals surface area contributed by atoms with Crippen molar-refractivity contribution in [3.8, 4) is 11.5 Å². The van der Waals surface area contributed by atoms with Crippen LogP contribution < -0.4 is 14.8 Å². The van der Waals surface area contributed by atoms with Gasteiger partial charge >= 0.3 is 6.18 Å². The molecule has 0 aliphatic heterocycles. The van der Waals surface area contributed by atoms with Gasteiger partial charge in [-0.15, -0.1) is 0 Å². The number of hydrogen-bond donors (Lipinski definition) is 2. The third-order valence-electron chi connectivity index (χ3n) is 3.26. The fourth-order valence-electron chi connectivity index (χ4n) is 2.03. The number of aromatic nitrogens is 2. The number of alkyl halides is 3. The van der Waals surface area contributed by atoms with Gasteiger partial charge in [-0.3, -0.25) is 9.89 Å². The van der Waals surface area contributed by atoms with Crippen LogP contribution in [0.2, 0.25) is 0 Å². The van der Waals surface area contributed by atoms with E-state index in [9.17, 15) is 18.0 Å². The maximum absolute atomic E-state index is 12.4. The number of nitrogens with zero attached hydrogens (tertiary/aromatic N) is 1. The summed E-state index contributed by atoms with van der Waals surface area (Å²) in [7, 11) is 3.04. The van der Waals surface area contributed by atoms with Crippen LogP contribution in [0.3, 0.4) is 0 Å². The van der Waals surface area contributed by atoms with Crippen LogP contribution in [0, 0.1) is 0 Å². The summed E-state index contributed by atoms with van der Waals surface area (Å²) >= 11 is 0. The number of carbonyl (C=O) groups is 1. The van der Waals surface area contributed by atoms with Crippen molar-refractivity contribution in [3.63, 3.8) is 0 Å². The molecule has 9 heteroatoms. The van der Waals surface area contributed by atoms with E-state index in [4.69, 9.17) is 9.47 Å². The van der Waals surface area contributed by atoms with E-state index in [1.807, 2.05) is 6.07 Å². The summed E-state index contributed by atoms with van der Waals surface area (Å²) < 4.78 is 47.6. The molecule has 0 atom stereocenters. The Bertz CT molecular complexity index is 713. The quantitative estimate of drug-likeness (QED) is 0.845. The van der Waals surface area contributed by atoms with Crippen LogP contribution in [0.4, 0.5) is 13.2 Å². The fourth-order valence-corrected chi connectivity index (χ4v) is 2.03. The molecule has 0 aliphatic rings. The van der Waals surface area contributed by atoms with Gasteiger partial charge in [-0.05, 0) is 24.1 Å². The monoisotopic (exact) mass is 343 g/mol. The number of nitrogens with one attached hydrogen (secondary N) is 2. The minimum absolute atomic E-state index is 0.239. The predicted octanol–water partition coefficient (Wildman–Crippen LogP) is 2.42. The number of hydrogen-bond acceptors (Lipinski definition) is 4. The van der Waals surface area contributed by atoms with Crippen molar-refractivity contribution in [2.45, 2.75) is 12.6 Å². The molecule has 0 bridgehead atoms. The van der Waals surface area contributed by atoms with Crippen LogP contribution in [0.15, 0.2) is 24.3 Å². The third-order valence-corrected chi connectivity index (χ3v) is 3.26. The lowest BCUT2D eigenvalue weighted by molar-refractivity contribution is -0.141. The molecule has 2 N–H and O–H groups in total. The molecule has 0 radical (unpaired) electrons. The average molecular weight is 343 g/mol. The van der Waals surface area contributed by atoms with E-state index in [1.165, 1.54) is 14.2 Å². The van der Waals surface area contributed by atoms with Crippen LogP contribution in [-0.4, -0.2) is 36.9 Å². The largest absolute Gasteiger partial charge is 0.493 e. The van der Waals surface area contributed by atoms with Gasteiger partial charge in [0.1, 0.15) is 5.69 Å². The van der Waals surface area contributed by atoms with Crippen molar-refractivity contribution >= 4 is 5.91 Å². The smallest absolute Gasteiger partial charge is 0.432 e. The van der Waals surface area contributed by atoms with Crippen LogP contribution >= 0.6 is 0 Å². The first kappa shape index (κ1) is 17.6. The van der Waals surface area contributed by atoms with Crippen molar-refractivity contribution in [2.75, 3.05) is 20.8 Å². The van der Waals surface area contributed by atoms with Gasteiger partial charge in [-0.1, -0.05) is 6.07 Å². The SMILES string of the molecule is COc1ccc(CCNC(=O)c2cc(C(F)(F)F)[nH]n2)cc1OC. The number of H-pyrrole nitrogens is 1. The van der Waals surface area contributed by atoms with Gasteiger partial charge in [0.2, 0.25) is 0 Å². The molecule has 1 heterocycles. The Balaban J connectivity index is 1.92. The van der Waals surface area contributed by atoms with E-state index in [1.54, 1.807) is 17.2 Å². The molecule has 1 aromatic carbocycles. The molecule has 2 aromatic rings. The summed E-state index contributed by atoms with van der Waals surface area (Å²) in [6.07, 6.45) is -4.09. The van der Waals surface area contributed by atoms with Gasteiger partial charge in [0.15, 0.2) is 17.2 Å². The van der Waals surface area contributed by atoms with Crippen molar-refractivity contribution in [3.05, 3.63) is 41.2 Å². The number of aromatic amines is 1. The molecule has 0 fully saturated rings. The summed E-state index contributed by atoms with van der Waals surface area (Å²) in [6.45, 7) is 0.239. The first-order valence-electron chi connectivity index (χ1n) is 6.97. The zero-order chi connectivity index (χ0) is 17.7. The molecular weight excluding hydrogens is 327 g/mol. The molecule has 0 spiro atoms. The summed E-state index contributed by atoms with van der Waals surface area (Å²) in [4.78, 5) is 11.8. The number of methoxy groups -OCH3 is 2. The summed E-state index contributed by atoms with van der Waals surface area (Å²) in [5, 5.41) is 7.68.